The summed E-state index contributed by atoms with van der Waals surface area (Å²) in [4.78, 5) is 29.8. The molecular weight excluding hydrogens is 399 g/mol. The minimum absolute atomic E-state index is 0.170. The molecule has 8 heteroatoms. The van der Waals surface area contributed by atoms with E-state index in [-0.39, 0.29) is 17.4 Å². The summed E-state index contributed by atoms with van der Waals surface area (Å²) in [5, 5.41) is 4.53. The lowest BCUT2D eigenvalue weighted by Gasteiger charge is -2.35. The molecule has 1 aromatic carbocycles. The van der Waals surface area contributed by atoms with Crippen LogP contribution in [0.5, 0.6) is 0 Å². The Hall–Kier alpha value is -2.74. The third-order valence-corrected chi connectivity index (χ3v) is 6.21. The van der Waals surface area contributed by atoms with Crippen LogP contribution in [0.3, 0.4) is 0 Å². The highest BCUT2D eigenvalue weighted by Crippen LogP contribution is 2.28. The van der Waals surface area contributed by atoms with E-state index in [0.717, 1.165) is 56.6 Å². The zero-order valence-corrected chi connectivity index (χ0v) is 18.1. The predicted octanol–water partition coefficient (Wildman–Crippen LogP) is 2.60. The average molecular weight is 429 g/mol. The van der Waals surface area contributed by atoms with Gasteiger partial charge in [0.25, 0.3) is 5.91 Å². The fourth-order valence-corrected chi connectivity index (χ4v) is 4.37. The van der Waals surface area contributed by atoms with Crippen LogP contribution in [-0.4, -0.2) is 70.3 Å². The number of halogens is 1. The number of hydrogen-bond donors (Lipinski definition) is 0. The Morgan fingerprint density at radius 1 is 1.10 bits per heavy atom. The van der Waals surface area contributed by atoms with Gasteiger partial charge in [-0.1, -0.05) is 6.92 Å². The van der Waals surface area contributed by atoms with Crippen LogP contribution >= 0.6 is 0 Å². The number of nitrogens with zero attached hydrogens (tertiary/aromatic N) is 4. The van der Waals surface area contributed by atoms with Gasteiger partial charge in [-0.2, -0.15) is 5.10 Å². The van der Waals surface area contributed by atoms with Gasteiger partial charge >= 0.3 is 5.97 Å². The Morgan fingerprint density at radius 3 is 2.45 bits per heavy atom. The smallest absolute Gasteiger partial charge is 0.359 e. The van der Waals surface area contributed by atoms with Crippen molar-refractivity contribution >= 4 is 11.9 Å². The molecular formula is C23H29FN4O3. The van der Waals surface area contributed by atoms with E-state index in [0.29, 0.717) is 18.8 Å². The SMILES string of the molecule is CCN1CCN(C(=O)[C@H](C)OC(=O)c2nn(-c3ccc(F)cc3)c3c2CCCC3)CC1. The van der Waals surface area contributed by atoms with Gasteiger partial charge in [0.1, 0.15) is 5.82 Å². The summed E-state index contributed by atoms with van der Waals surface area (Å²) in [7, 11) is 0. The number of fused-ring (bicyclic) bond motifs is 1. The second kappa shape index (κ2) is 9.18. The number of amides is 1. The number of benzene rings is 1. The van der Waals surface area contributed by atoms with E-state index in [1.165, 1.54) is 12.1 Å². The minimum atomic E-state index is -0.865. The summed E-state index contributed by atoms with van der Waals surface area (Å²) < 4.78 is 20.6. The molecule has 0 radical (unpaired) electrons. The van der Waals surface area contributed by atoms with Gasteiger partial charge in [0.2, 0.25) is 0 Å². The topological polar surface area (TPSA) is 67.7 Å². The maximum Gasteiger partial charge on any atom is 0.359 e. The van der Waals surface area contributed by atoms with Gasteiger partial charge in [-0.25, -0.2) is 13.9 Å². The van der Waals surface area contributed by atoms with Crippen LogP contribution in [0.25, 0.3) is 5.69 Å². The zero-order chi connectivity index (χ0) is 22.0. The second-order valence-corrected chi connectivity index (χ2v) is 8.18. The molecule has 1 atom stereocenters. The Balaban J connectivity index is 1.50. The van der Waals surface area contributed by atoms with Crippen molar-refractivity contribution < 1.29 is 18.7 Å². The number of aromatic nitrogens is 2. The molecule has 0 unspecified atom stereocenters. The van der Waals surface area contributed by atoms with Gasteiger partial charge in [0.15, 0.2) is 11.8 Å². The molecule has 0 spiro atoms. The van der Waals surface area contributed by atoms with Crippen molar-refractivity contribution in [2.75, 3.05) is 32.7 Å². The Kier molecular flexibility index (Phi) is 6.36. The van der Waals surface area contributed by atoms with E-state index >= 15 is 0 Å². The number of rotatable bonds is 5. The highest BCUT2D eigenvalue weighted by molar-refractivity contribution is 5.92. The van der Waals surface area contributed by atoms with E-state index in [9.17, 15) is 14.0 Å². The second-order valence-electron chi connectivity index (χ2n) is 8.18. The number of carbonyl (C=O) groups is 2. The van der Waals surface area contributed by atoms with Crippen molar-refractivity contribution in [1.29, 1.82) is 0 Å². The normalized spacial score (nSPS) is 17.8. The van der Waals surface area contributed by atoms with Crippen LogP contribution in [0.2, 0.25) is 0 Å². The molecule has 1 aromatic heterocycles. The molecule has 31 heavy (non-hydrogen) atoms. The number of carbonyl (C=O) groups excluding carboxylic acids is 2. The lowest BCUT2D eigenvalue weighted by Crippen LogP contribution is -2.51. The van der Waals surface area contributed by atoms with Crippen LogP contribution < -0.4 is 0 Å². The molecule has 2 aromatic rings. The zero-order valence-electron chi connectivity index (χ0n) is 18.1. The van der Waals surface area contributed by atoms with Crippen molar-refractivity contribution in [3.63, 3.8) is 0 Å². The molecule has 2 aliphatic rings. The minimum Gasteiger partial charge on any atom is -0.448 e. The Bertz CT molecular complexity index is 948. The quantitative estimate of drug-likeness (QED) is 0.685. The van der Waals surface area contributed by atoms with Crippen LogP contribution in [0.15, 0.2) is 24.3 Å². The molecule has 7 nitrogen and oxygen atoms in total. The molecule has 1 aliphatic carbocycles. The first-order chi connectivity index (χ1) is 15.0. The van der Waals surface area contributed by atoms with Crippen molar-refractivity contribution in [3.05, 3.63) is 47.0 Å². The first-order valence-corrected chi connectivity index (χ1v) is 11.1. The van der Waals surface area contributed by atoms with Gasteiger partial charge in [-0.3, -0.25) is 4.79 Å². The Labute approximate surface area is 181 Å². The van der Waals surface area contributed by atoms with Gasteiger partial charge in [-0.05, 0) is 63.4 Å². The number of ether oxygens (including phenoxy) is 1. The van der Waals surface area contributed by atoms with Crippen molar-refractivity contribution in [3.8, 4) is 5.69 Å². The largest absolute Gasteiger partial charge is 0.448 e. The third-order valence-electron chi connectivity index (χ3n) is 6.21. The van der Waals surface area contributed by atoms with Gasteiger partial charge in [0.05, 0.1) is 5.69 Å². The van der Waals surface area contributed by atoms with E-state index in [4.69, 9.17) is 4.74 Å². The summed E-state index contributed by atoms with van der Waals surface area (Å²) in [6, 6.07) is 6.05. The van der Waals surface area contributed by atoms with E-state index in [1.54, 1.807) is 28.6 Å². The van der Waals surface area contributed by atoms with E-state index in [2.05, 4.69) is 16.9 Å². The van der Waals surface area contributed by atoms with Crippen LogP contribution in [-0.2, 0) is 22.4 Å². The first kappa shape index (κ1) is 21.5. The molecule has 1 aliphatic heterocycles. The van der Waals surface area contributed by atoms with Crippen LogP contribution in [0.4, 0.5) is 4.39 Å². The standard InChI is InChI=1S/C23H29FN4O3/c1-3-26-12-14-27(15-13-26)22(29)16(2)31-23(30)21-19-6-4-5-7-20(19)28(25-21)18-10-8-17(24)9-11-18/h8-11,16H,3-7,12-15H2,1-2H3/t16-/m0/s1. The van der Waals surface area contributed by atoms with Crippen molar-refractivity contribution in [1.82, 2.24) is 19.6 Å². The predicted molar refractivity (Wildman–Crippen MR) is 114 cm³/mol. The van der Waals surface area contributed by atoms with Crippen molar-refractivity contribution in [2.24, 2.45) is 0 Å². The molecule has 1 amide bonds. The summed E-state index contributed by atoms with van der Waals surface area (Å²) in [6.45, 7) is 7.64. The van der Waals surface area contributed by atoms with Gasteiger partial charge in [0, 0.05) is 37.4 Å². The summed E-state index contributed by atoms with van der Waals surface area (Å²) in [5.41, 5.74) is 2.79. The van der Waals surface area contributed by atoms with E-state index < -0.39 is 12.1 Å². The monoisotopic (exact) mass is 428 g/mol. The molecule has 0 saturated carbocycles. The van der Waals surface area contributed by atoms with Crippen molar-refractivity contribution in [2.45, 2.75) is 45.6 Å². The lowest BCUT2D eigenvalue weighted by atomic mass is 9.95. The lowest BCUT2D eigenvalue weighted by molar-refractivity contribution is -0.141. The maximum atomic E-state index is 13.3. The summed E-state index contributed by atoms with van der Waals surface area (Å²) in [5.74, 6) is -1.07. The number of hydrogen-bond acceptors (Lipinski definition) is 5. The molecule has 166 valence electrons. The highest BCUT2D eigenvalue weighted by atomic mass is 19.1. The molecule has 1 fully saturated rings. The molecule has 1 saturated heterocycles. The number of piperazine rings is 1. The highest BCUT2D eigenvalue weighted by Gasteiger charge is 2.31. The third kappa shape index (κ3) is 4.49. The number of likely N-dealkylation sites (N-methyl/N-ethyl adjacent to an activating group) is 1. The van der Waals surface area contributed by atoms with Gasteiger partial charge in [-0.15, -0.1) is 0 Å². The molecule has 4 rings (SSSR count). The van der Waals surface area contributed by atoms with Crippen LogP contribution in [0, 0.1) is 5.82 Å². The maximum absolute atomic E-state index is 13.3. The molecule has 0 bridgehead atoms. The van der Waals surface area contributed by atoms with E-state index in [1.807, 2.05) is 0 Å². The van der Waals surface area contributed by atoms with Gasteiger partial charge < -0.3 is 14.5 Å². The van der Waals surface area contributed by atoms with Crippen LogP contribution in [0.1, 0.15) is 48.4 Å². The fraction of sp³-hybridized carbons (Fsp3) is 0.522. The first-order valence-electron chi connectivity index (χ1n) is 11.1. The fourth-order valence-electron chi connectivity index (χ4n) is 4.37. The Morgan fingerprint density at radius 2 is 1.77 bits per heavy atom. The average Bonchev–Trinajstić information content (AvgIpc) is 3.19. The summed E-state index contributed by atoms with van der Waals surface area (Å²) >= 11 is 0. The molecule has 0 N–H and O–H groups in total. The molecule has 2 heterocycles. The summed E-state index contributed by atoms with van der Waals surface area (Å²) in [6.07, 6.45) is 2.65. The number of esters is 1.